The Hall–Kier alpha value is -6.09. The molecule has 6 rings (SSSR count). The van der Waals surface area contributed by atoms with Gasteiger partial charge in [-0.2, -0.15) is 4.98 Å². The minimum atomic E-state index is -1.14. The van der Waals surface area contributed by atoms with Crippen LogP contribution >= 0.6 is 0 Å². The van der Waals surface area contributed by atoms with Crippen LogP contribution in [0, 0.1) is 10.1 Å². The Kier molecular flexibility index (Phi) is 11.4. The highest BCUT2D eigenvalue weighted by atomic mass is 16.6. The monoisotopic (exact) mass is 722 g/mol. The molecule has 1 saturated heterocycles. The van der Waals surface area contributed by atoms with Gasteiger partial charge in [-0.15, -0.1) is 0 Å². The summed E-state index contributed by atoms with van der Waals surface area (Å²) in [6.45, 7) is -0.0430. The van der Waals surface area contributed by atoms with E-state index in [1.165, 1.54) is 29.0 Å². The molecule has 0 spiro atoms. The fourth-order valence-corrected chi connectivity index (χ4v) is 6.21. The lowest BCUT2D eigenvalue weighted by Gasteiger charge is -2.37. The SMILES string of the molecule is COc1ccc(C(OC[C@H]2O[C@@H](n3ccc(NC(=O)OCCc4ccc([N+](=O)[O-])cc4)nc3=O)C[C@@H]2O)(c2ccccc2)c2ccc(OC)cc2)cc1. The van der Waals surface area contributed by atoms with Gasteiger partial charge < -0.3 is 28.8 Å². The number of non-ortho nitro benzene ring substituents is 1. The maximum atomic E-state index is 13.1. The van der Waals surface area contributed by atoms with Crippen molar-refractivity contribution in [3.05, 3.63) is 158 Å². The highest BCUT2D eigenvalue weighted by Gasteiger charge is 2.42. The average molecular weight is 723 g/mol. The molecule has 0 bridgehead atoms. The molecular formula is C39H38N4O10. The summed E-state index contributed by atoms with van der Waals surface area (Å²) in [6, 6.07) is 32.2. The second-order valence-electron chi connectivity index (χ2n) is 12.2. The molecule has 1 fully saturated rings. The molecule has 274 valence electrons. The number of hydrogen-bond acceptors (Lipinski definition) is 11. The summed E-state index contributed by atoms with van der Waals surface area (Å²) >= 11 is 0. The van der Waals surface area contributed by atoms with Gasteiger partial charge in [-0.3, -0.25) is 20.0 Å². The van der Waals surface area contributed by atoms with Crippen molar-refractivity contribution in [3.8, 4) is 11.5 Å². The maximum Gasteiger partial charge on any atom is 0.412 e. The Balaban J connectivity index is 1.15. The van der Waals surface area contributed by atoms with Gasteiger partial charge in [0.1, 0.15) is 35.2 Å². The lowest BCUT2D eigenvalue weighted by atomic mass is 9.80. The molecule has 1 aromatic heterocycles. The van der Waals surface area contributed by atoms with Crippen LogP contribution in [-0.4, -0.2) is 65.3 Å². The highest BCUT2D eigenvalue weighted by Crippen LogP contribution is 2.42. The van der Waals surface area contributed by atoms with E-state index in [1.54, 1.807) is 26.4 Å². The van der Waals surface area contributed by atoms with Crippen LogP contribution in [0.1, 0.15) is 34.9 Å². The van der Waals surface area contributed by atoms with E-state index < -0.39 is 40.7 Å². The number of ether oxygens (including phenoxy) is 5. The summed E-state index contributed by atoms with van der Waals surface area (Å²) in [7, 11) is 3.20. The second-order valence-corrected chi connectivity index (χ2v) is 12.2. The number of nitrogens with zero attached hydrogens (tertiary/aromatic N) is 3. The Labute approximate surface area is 304 Å². The number of nitrogens with one attached hydrogen (secondary N) is 1. The van der Waals surface area contributed by atoms with Crippen molar-refractivity contribution in [2.45, 2.75) is 36.9 Å². The van der Waals surface area contributed by atoms with Crippen LogP contribution in [0.15, 0.2) is 120 Å². The molecule has 2 heterocycles. The molecule has 53 heavy (non-hydrogen) atoms. The number of nitro groups is 1. The number of methoxy groups -OCH3 is 2. The molecule has 4 aromatic carbocycles. The summed E-state index contributed by atoms with van der Waals surface area (Å²) in [6.07, 6.45) is -1.61. The predicted octanol–water partition coefficient (Wildman–Crippen LogP) is 5.62. The zero-order chi connectivity index (χ0) is 37.4. The van der Waals surface area contributed by atoms with E-state index in [4.69, 9.17) is 23.7 Å². The molecular weight excluding hydrogens is 684 g/mol. The van der Waals surface area contributed by atoms with Crippen molar-refractivity contribution in [3.63, 3.8) is 0 Å². The summed E-state index contributed by atoms with van der Waals surface area (Å²) < 4.78 is 30.4. The van der Waals surface area contributed by atoms with Gasteiger partial charge in [0.2, 0.25) is 0 Å². The number of nitro benzene ring substituents is 1. The number of benzene rings is 4. The molecule has 1 amide bonds. The van der Waals surface area contributed by atoms with Gasteiger partial charge in [0, 0.05) is 31.2 Å². The number of hydrogen-bond donors (Lipinski definition) is 2. The summed E-state index contributed by atoms with van der Waals surface area (Å²) in [5, 5.41) is 24.4. The zero-order valence-electron chi connectivity index (χ0n) is 29.0. The van der Waals surface area contributed by atoms with E-state index >= 15 is 0 Å². The lowest BCUT2D eigenvalue weighted by molar-refractivity contribution is -0.384. The van der Waals surface area contributed by atoms with Crippen molar-refractivity contribution in [2.75, 3.05) is 32.8 Å². The van der Waals surface area contributed by atoms with E-state index in [2.05, 4.69) is 10.3 Å². The van der Waals surface area contributed by atoms with Crippen molar-refractivity contribution in [1.29, 1.82) is 0 Å². The minimum Gasteiger partial charge on any atom is -0.497 e. The lowest BCUT2D eigenvalue weighted by Crippen LogP contribution is -2.38. The van der Waals surface area contributed by atoms with E-state index in [-0.39, 0.29) is 31.1 Å². The highest BCUT2D eigenvalue weighted by molar-refractivity contribution is 5.83. The molecule has 1 aliphatic rings. The smallest absolute Gasteiger partial charge is 0.412 e. The topological polar surface area (TPSA) is 174 Å². The number of rotatable bonds is 14. The zero-order valence-corrected chi connectivity index (χ0v) is 29.0. The van der Waals surface area contributed by atoms with Crippen molar-refractivity contribution < 1.29 is 38.5 Å². The van der Waals surface area contributed by atoms with Gasteiger partial charge in [-0.1, -0.05) is 66.7 Å². The van der Waals surface area contributed by atoms with Crippen LogP contribution in [0.5, 0.6) is 11.5 Å². The quantitative estimate of drug-likeness (QED) is 0.0828. The fraction of sp³-hybridized carbons (Fsp3) is 0.256. The number of aromatic nitrogens is 2. The number of amides is 1. The molecule has 0 radical (unpaired) electrons. The first-order chi connectivity index (χ1) is 25.7. The molecule has 14 nitrogen and oxygen atoms in total. The van der Waals surface area contributed by atoms with Gasteiger partial charge in [0.15, 0.2) is 0 Å². The Bertz CT molecular complexity index is 2010. The van der Waals surface area contributed by atoms with Gasteiger partial charge in [-0.05, 0) is 52.6 Å². The maximum absolute atomic E-state index is 13.1. The minimum absolute atomic E-state index is 0.000456. The van der Waals surface area contributed by atoms with Gasteiger partial charge in [-0.25, -0.2) is 9.59 Å². The second kappa shape index (κ2) is 16.5. The molecule has 5 aromatic rings. The number of carbonyl (C=O) groups is 1. The average Bonchev–Trinajstić information content (AvgIpc) is 3.55. The van der Waals surface area contributed by atoms with Crippen molar-refractivity contribution >= 4 is 17.6 Å². The third-order valence-corrected chi connectivity index (χ3v) is 8.98. The Morgan fingerprint density at radius 3 is 2.09 bits per heavy atom. The number of aliphatic hydroxyl groups excluding tert-OH is 1. The van der Waals surface area contributed by atoms with Crippen molar-refractivity contribution in [2.24, 2.45) is 0 Å². The van der Waals surface area contributed by atoms with E-state index in [0.717, 1.165) is 22.3 Å². The molecule has 2 N–H and O–H groups in total. The number of anilines is 1. The normalized spacial score (nSPS) is 16.8. The number of carbonyl (C=O) groups excluding carboxylic acids is 1. The first-order valence-electron chi connectivity index (χ1n) is 16.8. The van der Waals surface area contributed by atoms with Gasteiger partial charge >= 0.3 is 11.8 Å². The van der Waals surface area contributed by atoms with Crippen LogP contribution in [0.2, 0.25) is 0 Å². The summed E-state index contributed by atoms with van der Waals surface area (Å²) in [5.74, 6) is 1.33. The van der Waals surface area contributed by atoms with Crippen molar-refractivity contribution in [1.82, 2.24) is 9.55 Å². The molecule has 3 atom stereocenters. The van der Waals surface area contributed by atoms with E-state index in [0.29, 0.717) is 17.9 Å². The van der Waals surface area contributed by atoms with Gasteiger partial charge in [0.05, 0.1) is 38.5 Å². The largest absolute Gasteiger partial charge is 0.497 e. The first-order valence-corrected chi connectivity index (χ1v) is 16.8. The van der Waals surface area contributed by atoms with Crippen LogP contribution in [-0.2, 0) is 26.2 Å². The molecule has 0 saturated carbocycles. The van der Waals surface area contributed by atoms with Crippen LogP contribution in [0.4, 0.5) is 16.3 Å². The number of aliphatic hydroxyl groups is 1. The Morgan fingerprint density at radius 1 is 0.925 bits per heavy atom. The predicted molar refractivity (Wildman–Crippen MR) is 193 cm³/mol. The van der Waals surface area contributed by atoms with Crippen LogP contribution in [0.25, 0.3) is 0 Å². The standard InChI is InChI=1S/C39H38N4O10/c1-49-31-16-10-28(11-17-31)39(27-6-4-3-5-7-27,29-12-18-32(50-2)19-13-29)52-25-34-33(44)24-36(53-34)42-22-20-35(40-37(42)45)41-38(46)51-23-21-26-8-14-30(15-9-26)43(47)48/h3-20,22,33-34,36,44H,21,23-25H2,1-2H3,(H,40,41,45,46)/t33-,34+,36+/m0/s1. The molecule has 1 aliphatic heterocycles. The molecule has 0 aliphatic carbocycles. The van der Waals surface area contributed by atoms with Crippen LogP contribution in [0.3, 0.4) is 0 Å². The van der Waals surface area contributed by atoms with E-state index in [1.807, 2.05) is 78.9 Å². The van der Waals surface area contributed by atoms with Crippen LogP contribution < -0.4 is 20.5 Å². The molecule has 0 unspecified atom stereocenters. The Morgan fingerprint density at radius 2 is 1.53 bits per heavy atom. The third-order valence-electron chi connectivity index (χ3n) is 8.98. The first kappa shape index (κ1) is 36.7. The van der Waals surface area contributed by atoms with Gasteiger partial charge in [0.25, 0.3) is 5.69 Å². The molecule has 14 heteroatoms. The third kappa shape index (κ3) is 8.36. The summed E-state index contributed by atoms with van der Waals surface area (Å²) in [4.78, 5) is 39.7. The summed E-state index contributed by atoms with van der Waals surface area (Å²) in [5.41, 5.74) is 1.34. The fourth-order valence-electron chi connectivity index (χ4n) is 6.21. The van der Waals surface area contributed by atoms with E-state index in [9.17, 15) is 24.8 Å².